The van der Waals surface area contributed by atoms with E-state index < -0.39 is 17.7 Å². The molecule has 1 fully saturated rings. The van der Waals surface area contributed by atoms with E-state index in [4.69, 9.17) is 11.6 Å². The second kappa shape index (κ2) is 8.51. The van der Waals surface area contributed by atoms with Crippen LogP contribution in [0.3, 0.4) is 0 Å². The van der Waals surface area contributed by atoms with Gasteiger partial charge in [-0.2, -0.15) is 0 Å². The molecule has 8 heteroatoms. The van der Waals surface area contributed by atoms with Gasteiger partial charge in [0.15, 0.2) is 0 Å². The minimum atomic E-state index is -0.711. The number of carbonyl (C=O) groups excluding carboxylic acids is 2. The molecule has 1 N–H and O–H groups in total. The van der Waals surface area contributed by atoms with Gasteiger partial charge in [0.1, 0.15) is 5.76 Å². The molecule has 1 unspecified atom stereocenters. The van der Waals surface area contributed by atoms with E-state index in [0.717, 1.165) is 0 Å². The van der Waals surface area contributed by atoms with Gasteiger partial charge in [-0.05, 0) is 42.3 Å². The van der Waals surface area contributed by atoms with Gasteiger partial charge in [-0.15, -0.1) is 0 Å². The Balaban J connectivity index is 1.71. The number of aliphatic hydroxyl groups is 1. The number of hydrogen-bond acceptors (Lipinski definition) is 5. The molecule has 2 aromatic heterocycles. The Kier molecular flexibility index (Phi) is 5.63. The Bertz CT molecular complexity index is 1080. The lowest BCUT2D eigenvalue weighted by Crippen LogP contribution is -2.31. The van der Waals surface area contributed by atoms with Gasteiger partial charge in [0.05, 0.1) is 17.9 Å². The number of ketones is 1. The van der Waals surface area contributed by atoms with Gasteiger partial charge in [0.25, 0.3) is 11.7 Å². The third-order valence-electron chi connectivity index (χ3n) is 5.03. The van der Waals surface area contributed by atoms with Crippen molar-refractivity contribution in [2.45, 2.75) is 19.0 Å². The fourth-order valence-corrected chi connectivity index (χ4v) is 3.73. The molecule has 4 rings (SSSR count). The summed E-state index contributed by atoms with van der Waals surface area (Å²) in [6, 6.07) is 9.30. The van der Waals surface area contributed by atoms with E-state index in [0.29, 0.717) is 35.7 Å². The highest BCUT2D eigenvalue weighted by atomic mass is 35.5. The zero-order chi connectivity index (χ0) is 21.1. The van der Waals surface area contributed by atoms with E-state index in [1.54, 1.807) is 61.3 Å². The molecular formula is C22H19ClN4O3. The Hall–Kier alpha value is -3.45. The van der Waals surface area contributed by atoms with Crippen LogP contribution in [0.4, 0.5) is 0 Å². The molecule has 1 atom stereocenters. The van der Waals surface area contributed by atoms with Crippen molar-refractivity contribution in [3.05, 3.63) is 89.2 Å². The quantitative estimate of drug-likeness (QED) is 0.373. The second-order valence-corrected chi connectivity index (χ2v) is 7.38. The number of likely N-dealkylation sites (tertiary alicyclic amines) is 1. The highest BCUT2D eigenvalue weighted by molar-refractivity contribution is 6.46. The summed E-state index contributed by atoms with van der Waals surface area (Å²) in [5, 5.41) is 11.4. The molecule has 1 aliphatic heterocycles. The molecule has 1 aromatic carbocycles. The molecule has 0 saturated carbocycles. The summed E-state index contributed by atoms with van der Waals surface area (Å²) < 4.78 is 1.91. The number of hydrogen-bond donors (Lipinski definition) is 1. The summed E-state index contributed by atoms with van der Waals surface area (Å²) in [4.78, 5) is 35.4. The molecule has 30 heavy (non-hydrogen) atoms. The maximum Gasteiger partial charge on any atom is 0.295 e. The van der Waals surface area contributed by atoms with Crippen LogP contribution in [0.15, 0.2) is 73.1 Å². The van der Waals surface area contributed by atoms with E-state index in [-0.39, 0.29) is 11.3 Å². The molecule has 1 amide bonds. The first-order valence-corrected chi connectivity index (χ1v) is 9.84. The number of aromatic nitrogens is 3. The largest absolute Gasteiger partial charge is 0.507 e. The number of halogens is 1. The minimum Gasteiger partial charge on any atom is -0.507 e. The summed E-state index contributed by atoms with van der Waals surface area (Å²) in [6.07, 6.45) is 9.08. The monoisotopic (exact) mass is 422 g/mol. The lowest BCUT2D eigenvalue weighted by molar-refractivity contribution is -0.139. The summed E-state index contributed by atoms with van der Waals surface area (Å²) in [5.41, 5.74) is 1.14. The fraction of sp³-hybridized carbons (Fsp3) is 0.182. The van der Waals surface area contributed by atoms with Crippen molar-refractivity contribution in [1.82, 2.24) is 19.4 Å². The maximum absolute atomic E-state index is 12.9. The van der Waals surface area contributed by atoms with Crippen molar-refractivity contribution in [3.63, 3.8) is 0 Å². The second-order valence-electron chi connectivity index (χ2n) is 6.94. The molecule has 152 valence electrons. The Morgan fingerprint density at radius 1 is 1.07 bits per heavy atom. The van der Waals surface area contributed by atoms with Gasteiger partial charge in [-0.25, -0.2) is 4.98 Å². The molecule has 0 bridgehead atoms. The Morgan fingerprint density at radius 2 is 1.87 bits per heavy atom. The summed E-state index contributed by atoms with van der Waals surface area (Å²) >= 11 is 5.93. The minimum absolute atomic E-state index is 0.0537. The number of imidazole rings is 1. The molecule has 1 saturated heterocycles. The topological polar surface area (TPSA) is 88.3 Å². The Labute approximate surface area is 178 Å². The van der Waals surface area contributed by atoms with Crippen LogP contribution >= 0.6 is 11.6 Å². The van der Waals surface area contributed by atoms with Crippen LogP contribution in [-0.2, 0) is 16.1 Å². The predicted octanol–water partition coefficient (Wildman–Crippen LogP) is 3.44. The Morgan fingerprint density at radius 3 is 2.53 bits per heavy atom. The zero-order valence-electron chi connectivity index (χ0n) is 16.0. The fourth-order valence-electron chi connectivity index (χ4n) is 3.60. The molecule has 0 aliphatic carbocycles. The third kappa shape index (κ3) is 3.84. The van der Waals surface area contributed by atoms with Crippen LogP contribution in [0.25, 0.3) is 5.76 Å². The number of nitrogens with zero attached hydrogens (tertiary/aromatic N) is 4. The molecule has 3 heterocycles. The maximum atomic E-state index is 12.9. The normalized spacial score (nSPS) is 18.2. The van der Waals surface area contributed by atoms with Crippen LogP contribution in [0.5, 0.6) is 0 Å². The number of aliphatic hydroxyl groups excluding tert-OH is 1. The molecule has 1 aliphatic rings. The van der Waals surface area contributed by atoms with E-state index in [2.05, 4.69) is 9.97 Å². The highest BCUT2D eigenvalue weighted by Crippen LogP contribution is 2.39. The lowest BCUT2D eigenvalue weighted by atomic mass is 9.96. The number of pyridine rings is 1. The van der Waals surface area contributed by atoms with Crippen LogP contribution < -0.4 is 0 Å². The average Bonchev–Trinajstić information content (AvgIpc) is 3.37. The predicted molar refractivity (Wildman–Crippen MR) is 112 cm³/mol. The van der Waals surface area contributed by atoms with Crippen molar-refractivity contribution >= 4 is 29.1 Å². The molecule has 7 nitrogen and oxygen atoms in total. The van der Waals surface area contributed by atoms with E-state index in [1.165, 1.54) is 4.90 Å². The number of Topliss-reactive ketones (excluding diaryl/α,β-unsaturated/α-hetero) is 1. The van der Waals surface area contributed by atoms with Gasteiger partial charge in [-0.3, -0.25) is 14.6 Å². The number of aryl methyl sites for hydroxylation is 1. The summed E-state index contributed by atoms with van der Waals surface area (Å²) in [7, 11) is 0. The van der Waals surface area contributed by atoms with Gasteiger partial charge >= 0.3 is 0 Å². The van der Waals surface area contributed by atoms with Crippen molar-refractivity contribution in [3.8, 4) is 0 Å². The van der Waals surface area contributed by atoms with Crippen molar-refractivity contribution in [1.29, 1.82) is 0 Å². The first-order valence-electron chi connectivity index (χ1n) is 9.46. The van der Waals surface area contributed by atoms with Crippen molar-refractivity contribution < 1.29 is 14.7 Å². The van der Waals surface area contributed by atoms with E-state index >= 15 is 0 Å². The van der Waals surface area contributed by atoms with Gasteiger partial charge in [0, 0.05) is 48.5 Å². The summed E-state index contributed by atoms with van der Waals surface area (Å²) in [6.45, 7) is 1.000. The lowest BCUT2D eigenvalue weighted by Gasteiger charge is -2.25. The van der Waals surface area contributed by atoms with Crippen LogP contribution in [0, 0.1) is 0 Å². The highest BCUT2D eigenvalue weighted by Gasteiger charge is 2.45. The number of carbonyl (C=O) groups is 2. The third-order valence-corrected chi connectivity index (χ3v) is 5.28. The standard InChI is InChI=1S/C22H19ClN4O3/c23-17-6-4-15(5-7-17)20(28)18-19(16-3-1-8-24-13-16)27(22(30)21(18)29)11-2-10-26-12-9-25-14-26/h1,3-9,12-14,19,28H,2,10-11H2/b20-18+. The van der Waals surface area contributed by atoms with Gasteiger partial charge in [-0.1, -0.05) is 17.7 Å². The van der Waals surface area contributed by atoms with Crippen LogP contribution in [-0.4, -0.2) is 42.8 Å². The molecule has 0 spiro atoms. The number of benzene rings is 1. The van der Waals surface area contributed by atoms with Crippen molar-refractivity contribution in [2.24, 2.45) is 0 Å². The first kappa shape index (κ1) is 19.8. The number of rotatable bonds is 6. The molecule has 0 radical (unpaired) electrons. The first-order chi connectivity index (χ1) is 14.6. The summed E-state index contributed by atoms with van der Waals surface area (Å²) in [5.74, 6) is -1.57. The smallest absolute Gasteiger partial charge is 0.295 e. The zero-order valence-corrected chi connectivity index (χ0v) is 16.7. The van der Waals surface area contributed by atoms with Gasteiger partial charge < -0.3 is 14.6 Å². The number of amides is 1. The van der Waals surface area contributed by atoms with E-state index in [9.17, 15) is 14.7 Å². The SMILES string of the molecule is O=C1C(=O)N(CCCn2ccnc2)C(c2cccnc2)/C1=C(\O)c1ccc(Cl)cc1. The molecular weight excluding hydrogens is 404 g/mol. The average molecular weight is 423 g/mol. The molecule has 3 aromatic rings. The van der Waals surface area contributed by atoms with Crippen LogP contribution in [0.2, 0.25) is 5.02 Å². The van der Waals surface area contributed by atoms with E-state index in [1.807, 2.05) is 10.8 Å². The van der Waals surface area contributed by atoms with Crippen LogP contribution in [0.1, 0.15) is 23.6 Å². The van der Waals surface area contributed by atoms with Gasteiger partial charge in [0.2, 0.25) is 0 Å². The van der Waals surface area contributed by atoms with Crippen molar-refractivity contribution in [2.75, 3.05) is 6.54 Å².